The molecule has 0 aliphatic rings. The first-order valence-electron chi connectivity index (χ1n) is 5.98. The largest absolute Gasteiger partial charge is 0.294 e. The first-order chi connectivity index (χ1) is 9.20. The van der Waals surface area contributed by atoms with E-state index in [0.717, 1.165) is 11.1 Å². The summed E-state index contributed by atoms with van der Waals surface area (Å²) in [6, 6.07) is 10.2. The molecule has 0 saturated heterocycles. The van der Waals surface area contributed by atoms with E-state index in [2.05, 4.69) is 16.4 Å². The van der Waals surface area contributed by atoms with Gasteiger partial charge in [0.1, 0.15) is 11.9 Å². The fourth-order valence-corrected chi connectivity index (χ4v) is 1.81. The molecule has 1 heterocycles. The van der Waals surface area contributed by atoms with Crippen LogP contribution < -0.4 is 5.32 Å². The monoisotopic (exact) mass is 255 g/mol. The van der Waals surface area contributed by atoms with E-state index in [0.29, 0.717) is 12.1 Å². The summed E-state index contributed by atoms with van der Waals surface area (Å²) in [5, 5.41) is 12.3. The van der Waals surface area contributed by atoms with Gasteiger partial charge in [-0.15, -0.1) is 0 Å². The number of nitrogens with zero attached hydrogens (tertiary/aromatic N) is 2. The lowest BCUT2D eigenvalue weighted by Crippen LogP contribution is -2.19. The third kappa shape index (κ3) is 3.36. The van der Waals surface area contributed by atoms with Crippen molar-refractivity contribution in [2.45, 2.75) is 19.5 Å². The summed E-state index contributed by atoms with van der Waals surface area (Å²) in [4.78, 5) is 3.94. The highest BCUT2D eigenvalue weighted by atomic mass is 19.1. The molecular weight excluding hydrogens is 241 g/mol. The number of halogens is 1. The molecule has 0 saturated carbocycles. The lowest BCUT2D eigenvalue weighted by molar-refractivity contribution is 0.607. The quantitative estimate of drug-likeness (QED) is 0.913. The SMILES string of the molecule is Cc1cc(C(C#N)NCc2ccncc2)ccc1F. The van der Waals surface area contributed by atoms with Gasteiger partial charge in [-0.2, -0.15) is 5.26 Å². The number of benzene rings is 1. The smallest absolute Gasteiger partial charge is 0.126 e. The highest BCUT2D eigenvalue weighted by molar-refractivity contribution is 5.29. The third-order valence-corrected chi connectivity index (χ3v) is 2.90. The van der Waals surface area contributed by atoms with E-state index in [9.17, 15) is 9.65 Å². The summed E-state index contributed by atoms with van der Waals surface area (Å²) in [5.74, 6) is -0.255. The van der Waals surface area contributed by atoms with Gasteiger partial charge in [0.25, 0.3) is 0 Å². The van der Waals surface area contributed by atoms with Crippen molar-refractivity contribution in [3.8, 4) is 6.07 Å². The third-order valence-electron chi connectivity index (χ3n) is 2.90. The molecule has 1 aromatic heterocycles. The molecule has 19 heavy (non-hydrogen) atoms. The Balaban J connectivity index is 2.08. The van der Waals surface area contributed by atoms with Gasteiger partial charge in [0, 0.05) is 18.9 Å². The van der Waals surface area contributed by atoms with Crippen molar-refractivity contribution < 1.29 is 4.39 Å². The number of pyridine rings is 1. The second-order valence-corrected chi connectivity index (χ2v) is 4.31. The lowest BCUT2D eigenvalue weighted by atomic mass is 10.0. The molecule has 4 heteroatoms. The van der Waals surface area contributed by atoms with Gasteiger partial charge in [-0.25, -0.2) is 4.39 Å². The number of hydrogen-bond acceptors (Lipinski definition) is 3. The molecule has 1 N–H and O–H groups in total. The topological polar surface area (TPSA) is 48.7 Å². The normalized spacial score (nSPS) is 11.8. The zero-order valence-electron chi connectivity index (χ0n) is 10.6. The molecule has 1 atom stereocenters. The summed E-state index contributed by atoms with van der Waals surface area (Å²) < 4.78 is 13.2. The predicted octanol–water partition coefficient (Wildman–Crippen LogP) is 2.88. The van der Waals surface area contributed by atoms with Crippen LogP contribution in [0.4, 0.5) is 4.39 Å². The number of aryl methyl sites for hydroxylation is 1. The molecule has 1 unspecified atom stereocenters. The van der Waals surface area contributed by atoms with E-state index >= 15 is 0 Å². The minimum atomic E-state index is -0.451. The molecule has 0 amide bonds. The summed E-state index contributed by atoms with van der Waals surface area (Å²) in [6.07, 6.45) is 3.42. The molecule has 2 rings (SSSR count). The standard InChI is InChI=1S/C15H14FN3/c1-11-8-13(2-3-14(11)16)15(9-17)19-10-12-4-6-18-7-5-12/h2-8,15,19H,10H2,1H3. The molecule has 0 bridgehead atoms. The van der Waals surface area contributed by atoms with E-state index in [1.54, 1.807) is 31.5 Å². The summed E-state index contributed by atoms with van der Waals surface area (Å²) >= 11 is 0. The molecule has 0 aliphatic carbocycles. The number of aromatic nitrogens is 1. The van der Waals surface area contributed by atoms with Crippen LogP contribution in [-0.4, -0.2) is 4.98 Å². The van der Waals surface area contributed by atoms with Crippen molar-refractivity contribution >= 4 is 0 Å². The molecular formula is C15H14FN3. The Bertz CT molecular complexity index is 590. The van der Waals surface area contributed by atoms with Gasteiger partial charge >= 0.3 is 0 Å². The maximum atomic E-state index is 13.2. The molecule has 2 aromatic rings. The minimum Gasteiger partial charge on any atom is -0.294 e. The van der Waals surface area contributed by atoms with Crippen molar-refractivity contribution in [1.29, 1.82) is 5.26 Å². The molecule has 0 aliphatic heterocycles. The number of rotatable bonds is 4. The molecule has 0 fully saturated rings. The van der Waals surface area contributed by atoms with Crippen LogP contribution in [-0.2, 0) is 6.54 Å². The lowest BCUT2D eigenvalue weighted by Gasteiger charge is -2.12. The van der Waals surface area contributed by atoms with Gasteiger partial charge < -0.3 is 0 Å². The van der Waals surface area contributed by atoms with E-state index < -0.39 is 6.04 Å². The Morgan fingerprint density at radius 2 is 2.05 bits per heavy atom. The molecule has 1 aromatic carbocycles. The van der Waals surface area contributed by atoms with Crippen LogP contribution in [0.5, 0.6) is 0 Å². The Hall–Kier alpha value is -2.25. The minimum absolute atomic E-state index is 0.255. The number of nitriles is 1. The Labute approximate surface area is 111 Å². The molecule has 0 spiro atoms. The summed E-state index contributed by atoms with van der Waals surface area (Å²) in [5.41, 5.74) is 2.37. The van der Waals surface area contributed by atoms with Crippen LogP contribution in [0, 0.1) is 24.1 Å². The first kappa shape index (κ1) is 13.2. The van der Waals surface area contributed by atoms with Gasteiger partial charge in [0.2, 0.25) is 0 Å². The van der Waals surface area contributed by atoms with Crippen molar-refractivity contribution in [3.63, 3.8) is 0 Å². The fourth-order valence-electron chi connectivity index (χ4n) is 1.81. The zero-order chi connectivity index (χ0) is 13.7. The van der Waals surface area contributed by atoms with E-state index in [1.165, 1.54) is 6.07 Å². The highest BCUT2D eigenvalue weighted by Crippen LogP contribution is 2.16. The Morgan fingerprint density at radius 3 is 2.68 bits per heavy atom. The van der Waals surface area contributed by atoms with Crippen LogP contribution in [0.2, 0.25) is 0 Å². The summed E-state index contributed by atoms with van der Waals surface area (Å²) in [6.45, 7) is 2.26. The van der Waals surface area contributed by atoms with Gasteiger partial charge in [-0.05, 0) is 41.8 Å². The van der Waals surface area contributed by atoms with Gasteiger partial charge in [0.15, 0.2) is 0 Å². The summed E-state index contributed by atoms with van der Waals surface area (Å²) in [7, 11) is 0. The maximum Gasteiger partial charge on any atom is 0.126 e. The van der Waals surface area contributed by atoms with Crippen molar-refractivity contribution in [1.82, 2.24) is 10.3 Å². The molecule has 3 nitrogen and oxygen atoms in total. The van der Waals surface area contributed by atoms with E-state index in [4.69, 9.17) is 0 Å². The highest BCUT2D eigenvalue weighted by Gasteiger charge is 2.11. The van der Waals surface area contributed by atoms with Crippen molar-refractivity contribution in [2.24, 2.45) is 0 Å². The van der Waals surface area contributed by atoms with Crippen molar-refractivity contribution in [3.05, 3.63) is 65.2 Å². The average Bonchev–Trinajstić information content (AvgIpc) is 2.44. The maximum absolute atomic E-state index is 13.2. The van der Waals surface area contributed by atoms with Gasteiger partial charge in [0.05, 0.1) is 6.07 Å². The zero-order valence-corrected chi connectivity index (χ0v) is 10.6. The Kier molecular flexibility index (Phi) is 4.22. The van der Waals surface area contributed by atoms with Crippen molar-refractivity contribution in [2.75, 3.05) is 0 Å². The van der Waals surface area contributed by atoms with Gasteiger partial charge in [-0.3, -0.25) is 10.3 Å². The Morgan fingerprint density at radius 1 is 1.32 bits per heavy atom. The fraction of sp³-hybridized carbons (Fsp3) is 0.200. The number of hydrogen-bond donors (Lipinski definition) is 1. The molecule has 0 radical (unpaired) electrons. The average molecular weight is 255 g/mol. The van der Waals surface area contributed by atoms with Crippen LogP contribution in [0.1, 0.15) is 22.7 Å². The second kappa shape index (κ2) is 6.07. The van der Waals surface area contributed by atoms with Gasteiger partial charge in [-0.1, -0.05) is 12.1 Å². The van der Waals surface area contributed by atoms with E-state index in [1.807, 2.05) is 12.1 Å². The van der Waals surface area contributed by atoms with Crippen LogP contribution in [0.3, 0.4) is 0 Å². The van der Waals surface area contributed by atoms with E-state index in [-0.39, 0.29) is 5.82 Å². The first-order valence-corrected chi connectivity index (χ1v) is 5.98. The van der Waals surface area contributed by atoms with Crippen LogP contribution in [0.25, 0.3) is 0 Å². The second-order valence-electron chi connectivity index (χ2n) is 4.31. The van der Waals surface area contributed by atoms with Crippen LogP contribution in [0.15, 0.2) is 42.7 Å². The predicted molar refractivity (Wildman–Crippen MR) is 70.6 cm³/mol. The van der Waals surface area contributed by atoms with Crippen LogP contribution >= 0.6 is 0 Å². The molecule has 96 valence electrons. The number of nitrogens with one attached hydrogen (secondary N) is 1.